The molecule has 1 aromatic rings. The number of para-hydroxylation sites is 1. The summed E-state index contributed by atoms with van der Waals surface area (Å²) < 4.78 is 0. The van der Waals surface area contributed by atoms with E-state index in [0.29, 0.717) is 12.0 Å². The van der Waals surface area contributed by atoms with Gasteiger partial charge in [0.05, 0.1) is 23.3 Å². The molecule has 0 bridgehead atoms. The average molecular weight is 236 g/mol. The Kier molecular flexibility index (Phi) is 2.28. The lowest BCUT2D eigenvalue weighted by Crippen LogP contribution is -2.42. The number of guanidine groups is 1. The number of nitrogens with two attached hydrogens (primary N) is 1. The van der Waals surface area contributed by atoms with E-state index in [2.05, 4.69) is 9.89 Å². The predicted octanol–water partition coefficient (Wildman–Crippen LogP) is 2.25. The van der Waals surface area contributed by atoms with Crippen LogP contribution in [0.4, 0.5) is 5.69 Å². The molecule has 1 aliphatic carbocycles. The molecule has 1 aliphatic heterocycles. The second kappa shape index (κ2) is 3.67. The number of anilines is 1. The van der Waals surface area contributed by atoms with Gasteiger partial charge in [0, 0.05) is 0 Å². The molecular weight excluding hydrogens is 222 g/mol. The van der Waals surface area contributed by atoms with Crippen LogP contribution in [0.5, 0.6) is 0 Å². The first-order valence-corrected chi connectivity index (χ1v) is 5.99. The maximum atomic E-state index is 6.21. The Morgan fingerprint density at radius 3 is 2.75 bits per heavy atom. The number of rotatable bonds is 2. The van der Waals surface area contributed by atoms with Gasteiger partial charge in [-0.1, -0.05) is 23.7 Å². The van der Waals surface area contributed by atoms with Crippen LogP contribution in [-0.4, -0.2) is 18.5 Å². The van der Waals surface area contributed by atoms with Crippen LogP contribution in [0, 0.1) is 5.92 Å². The van der Waals surface area contributed by atoms with E-state index in [1.54, 1.807) is 0 Å². The maximum absolute atomic E-state index is 6.21. The molecule has 1 atom stereocenters. The van der Waals surface area contributed by atoms with Crippen molar-refractivity contribution >= 4 is 23.2 Å². The summed E-state index contributed by atoms with van der Waals surface area (Å²) in [6.45, 7) is 0.807. The summed E-state index contributed by atoms with van der Waals surface area (Å²) >= 11 is 6.21. The molecule has 4 heteroatoms. The number of nitrogens with zero attached hydrogens (tertiary/aromatic N) is 2. The van der Waals surface area contributed by atoms with Gasteiger partial charge >= 0.3 is 0 Å². The minimum Gasteiger partial charge on any atom is -0.370 e. The first-order valence-electron chi connectivity index (χ1n) is 5.61. The lowest BCUT2D eigenvalue weighted by molar-refractivity contribution is 0.626. The van der Waals surface area contributed by atoms with Gasteiger partial charge in [-0.2, -0.15) is 0 Å². The highest BCUT2D eigenvalue weighted by Gasteiger charge is 2.40. The molecule has 1 unspecified atom stereocenters. The van der Waals surface area contributed by atoms with Gasteiger partial charge in [0.25, 0.3) is 0 Å². The van der Waals surface area contributed by atoms with E-state index in [0.717, 1.165) is 23.2 Å². The quantitative estimate of drug-likeness (QED) is 0.854. The van der Waals surface area contributed by atoms with Gasteiger partial charge in [0.2, 0.25) is 0 Å². The first-order chi connectivity index (χ1) is 7.77. The fourth-order valence-electron chi connectivity index (χ4n) is 2.30. The Balaban J connectivity index is 1.97. The van der Waals surface area contributed by atoms with Crippen LogP contribution in [0.3, 0.4) is 0 Å². The van der Waals surface area contributed by atoms with Gasteiger partial charge in [-0.05, 0) is 30.9 Å². The van der Waals surface area contributed by atoms with Crippen molar-refractivity contribution in [3.8, 4) is 0 Å². The molecule has 0 aromatic heterocycles. The molecule has 2 N–H and O–H groups in total. The van der Waals surface area contributed by atoms with Gasteiger partial charge in [0.1, 0.15) is 0 Å². The topological polar surface area (TPSA) is 41.6 Å². The molecule has 1 saturated carbocycles. The summed E-state index contributed by atoms with van der Waals surface area (Å²) in [5.74, 6) is 1.34. The van der Waals surface area contributed by atoms with Gasteiger partial charge < -0.3 is 10.6 Å². The van der Waals surface area contributed by atoms with E-state index in [4.69, 9.17) is 17.3 Å². The van der Waals surface area contributed by atoms with Crippen LogP contribution in [0.25, 0.3) is 0 Å². The van der Waals surface area contributed by atoms with Gasteiger partial charge in [0.15, 0.2) is 5.96 Å². The molecule has 0 saturated heterocycles. The Labute approximate surface area is 99.9 Å². The van der Waals surface area contributed by atoms with Gasteiger partial charge in [-0.25, -0.2) is 0 Å². The third-order valence-electron chi connectivity index (χ3n) is 3.30. The smallest absolute Gasteiger partial charge is 0.196 e. The highest BCUT2D eigenvalue weighted by molar-refractivity contribution is 6.33. The third-order valence-corrected chi connectivity index (χ3v) is 3.62. The lowest BCUT2D eigenvalue weighted by Gasteiger charge is -2.27. The first kappa shape index (κ1) is 9.97. The molecule has 3 rings (SSSR count). The van der Waals surface area contributed by atoms with Crippen molar-refractivity contribution in [1.29, 1.82) is 0 Å². The van der Waals surface area contributed by atoms with Crippen molar-refractivity contribution in [2.24, 2.45) is 16.6 Å². The minimum atomic E-state index is 0.417. The maximum Gasteiger partial charge on any atom is 0.196 e. The number of hydrogen-bond donors (Lipinski definition) is 1. The largest absolute Gasteiger partial charge is 0.370 e. The molecular formula is C12H14ClN3. The Morgan fingerprint density at radius 2 is 2.06 bits per heavy atom. The van der Waals surface area contributed by atoms with Crippen LogP contribution in [0.2, 0.25) is 5.02 Å². The van der Waals surface area contributed by atoms with E-state index in [1.165, 1.54) is 12.8 Å². The van der Waals surface area contributed by atoms with Crippen molar-refractivity contribution < 1.29 is 0 Å². The van der Waals surface area contributed by atoms with Gasteiger partial charge in [-0.3, -0.25) is 4.99 Å². The lowest BCUT2D eigenvalue weighted by atomic mass is 10.1. The molecule has 1 aromatic carbocycles. The fraction of sp³-hybridized carbons (Fsp3) is 0.417. The monoisotopic (exact) mass is 235 g/mol. The van der Waals surface area contributed by atoms with Crippen LogP contribution in [0.15, 0.2) is 29.3 Å². The Hall–Kier alpha value is -1.22. The van der Waals surface area contributed by atoms with Crippen molar-refractivity contribution in [2.45, 2.75) is 18.9 Å². The molecule has 0 spiro atoms. The summed E-state index contributed by atoms with van der Waals surface area (Å²) in [6, 6.07) is 8.23. The van der Waals surface area contributed by atoms with Crippen LogP contribution in [-0.2, 0) is 0 Å². The van der Waals surface area contributed by atoms with Crippen LogP contribution in [0.1, 0.15) is 12.8 Å². The Bertz CT molecular complexity index is 440. The Morgan fingerprint density at radius 1 is 1.31 bits per heavy atom. The molecule has 2 aliphatic rings. The standard InChI is InChI=1S/C12H14ClN3/c13-9-3-1-2-4-10(9)16-11(8-5-6-8)7-15-12(16)14/h1-4,8,11H,5-7H2,(H2,14,15). The second-order valence-electron chi connectivity index (χ2n) is 4.43. The number of hydrogen-bond acceptors (Lipinski definition) is 3. The second-order valence-corrected chi connectivity index (χ2v) is 4.83. The summed E-state index contributed by atoms with van der Waals surface area (Å²) in [6.07, 6.45) is 2.57. The number of halogens is 1. The van der Waals surface area contributed by atoms with E-state index in [9.17, 15) is 0 Å². The highest BCUT2D eigenvalue weighted by atomic mass is 35.5. The fourth-order valence-corrected chi connectivity index (χ4v) is 2.53. The van der Waals surface area contributed by atoms with E-state index in [1.807, 2.05) is 24.3 Å². The summed E-state index contributed by atoms with van der Waals surface area (Å²) in [5, 5.41) is 0.744. The SMILES string of the molecule is NC1=NCC(C2CC2)N1c1ccccc1Cl. The van der Waals surface area contributed by atoms with Crippen LogP contribution < -0.4 is 10.6 Å². The molecule has 1 fully saturated rings. The van der Waals surface area contributed by atoms with Gasteiger partial charge in [-0.15, -0.1) is 0 Å². The average Bonchev–Trinajstić information content (AvgIpc) is 3.04. The normalized spacial score (nSPS) is 24.7. The number of benzene rings is 1. The highest BCUT2D eigenvalue weighted by Crippen LogP contribution is 2.40. The number of aliphatic imine (C=N–C) groups is 1. The molecule has 3 nitrogen and oxygen atoms in total. The molecule has 0 amide bonds. The summed E-state index contributed by atoms with van der Waals surface area (Å²) in [5.41, 5.74) is 6.94. The summed E-state index contributed by atoms with van der Waals surface area (Å²) in [4.78, 5) is 6.44. The summed E-state index contributed by atoms with van der Waals surface area (Å²) in [7, 11) is 0. The van der Waals surface area contributed by atoms with E-state index >= 15 is 0 Å². The van der Waals surface area contributed by atoms with E-state index < -0.39 is 0 Å². The zero-order chi connectivity index (χ0) is 11.1. The molecule has 0 radical (unpaired) electrons. The van der Waals surface area contributed by atoms with Crippen molar-refractivity contribution in [2.75, 3.05) is 11.4 Å². The van der Waals surface area contributed by atoms with Crippen molar-refractivity contribution in [1.82, 2.24) is 0 Å². The van der Waals surface area contributed by atoms with Crippen molar-refractivity contribution in [3.05, 3.63) is 29.3 Å². The minimum absolute atomic E-state index is 0.417. The molecule has 16 heavy (non-hydrogen) atoms. The molecule has 1 heterocycles. The third kappa shape index (κ3) is 1.55. The zero-order valence-electron chi connectivity index (χ0n) is 8.94. The zero-order valence-corrected chi connectivity index (χ0v) is 9.69. The van der Waals surface area contributed by atoms with Crippen LogP contribution >= 0.6 is 11.6 Å². The van der Waals surface area contributed by atoms with E-state index in [-0.39, 0.29) is 0 Å². The predicted molar refractivity (Wildman–Crippen MR) is 66.9 cm³/mol. The molecule has 84 valence electrons. The van der Waals surface area contributed by atoms with Crippen molar-refractivity contribution in [3.63, 3.8) is 0 Å².